The number of aromatic nitrogens is 2. The molecule has 2 fully saturated rings. The third kappa shape index (κ3) is 7.32. The van der Waals surface area contributed by atoms with Crippen molar-refractivity contribution in [3.05, 3.63) is 22.7 Å². The fraction of sp³-hybridized carbons (Fsp3) is 0.619. The molecule has 2 aliphatic heterocycles. The molecule has 10 nitrogen and oxygen atoms in total. The van der Waals surface area contributed by atoms with Crippen LogP contribution >= 0.6 is 11.6 Å². The zero-order valence-corrected chi connectivity index (χ0v) is 19.4. The molecule has 32 heavy (non-hydrogen) atoms. The van der Waals surface area contributed by atoms with Gasteiger partial charge in [0, 0.05) is 45.7 Å². The van der Waals surface area contributed by atoms with Crippen molar-refractivity contribution in [2.45, 2.75) is 32.7 Å². The molecule has 3 rings (SSSR count). The fourth-order valence-electron chi connectivity index (χ4n) is 3.69. The van der Waals surface area contributed by atoms with Crippen molar-refractivity contribution in [3.63, 3.8) is 0 Å². The lowest BCUT2D eigenvalue weighted by Crippen LogP contribution is -2.38. The van der Waals surface area contributed by atoms with Gasteiger partial charge < -0.3 is 20.7 Å². The third-order valence-electron chi connectivity index (χ3n) is 5.48. The standard InChI is InChI=1S/C21H33ClN8O2/c1-17-19(15-30(27-17)9-8-28-10-12-32-13-11-28)25-14-18(22)21(26-16-23)24-5-3-7-29-6-2-4-20(29)31/h14-16,24H,2-13H2,1H3,(H2,23,26)/b21-18+,25-14-. The van der Waals surface area contributed by atoms with E-state index in [2.05, 4.69) is 25.3 Å². The number of nitrogens with one attached hydrogen (secondary N) is 1. The van der Waals surface area contributed by atoms with Crippen LogP contribution in [0.5, 0.6) is 0 Å². The molecule has 3 heterocycles. The Morgan fingerprint density at radius 1 is 1.31 bits per heavy atom. The monoisotopic (exact) mass is 464 g/mol. The number of halogens is 1. The molecule has 0 bridgehead atoms. The van der Waals surface area contributed by atoms with E-state index in [1.807, 2.05) is 22.7 Å². The van der Waals surface area contributed by atoms with E-state index in [1.54, 1.807) is 6.21 Å². The van der Waals surface area contributed by atoms with Crippen molar-refractivity contribution in [1.29, 1.82) is 0 Å². The Kier molecular flexibility index (Phi) is 9.51. The van der Waals surface area contributed by atoms with Crippen LogP contribution in [-0.2, 0) is 16.1 Å². The zero-order valence-electron chi connectivity index (χ0n) is 18.7. The summed E-state index contributed by atoms with van der Waals surface area (Å²) in [4.78, 5) is 24.5. The molecule has 11 heteroatoms. The summed E-state index contributed by atoms with van der Waals surface area (Å²) < 4.78 is 7.29. The number of nitrogens with zero attached hydrogens (tertiary/aromatic N) is 6. The predicted octanol–water partition coefficient (Wildman–Crippen LogP) is 1.22. The lowest BCUT2D eigenvalue weighted by atomic mass is 10.4. The average Bonchev–Trinajstić information content (AvgIpc) is 3.38. The van der Waals surface area contributed by atoms with E-state index < -0.39 is 0 Å². The van der Waals surface area contributed by atoms with Gasteiger partial charge in [-0.3, -0.25) is 19.4 Å². The summed E-state index contributed by atoms with van der Waals surface area (Å²) in [7, 11) is 0. The first kappa shape index (κ1) is 24.2. The van der Waals surface area contributed by atoms with Crippen molar-refractivity contribution in [2.75, 3.05) is 52.5 Å². The molecule has 0 spiro atoms. The van der Waals surface area contributed by atoms with Crippen LogP contribution in [0.15, 0.2) is 27.0 Å². The van der Waals surface area contributed by atoms with E-state index in [0.29, 0.717) is 23.8 Å². The third-order valence-corrected chi connectivity index (χ3v) is 5.76. The molecule has 0 atom stereocenters. The molecule has 3 N–H and O–H groups in total. The molecule has 0 aromatic carbocycles. The second-order valence-corrected chi connectivity index (χ2v) is 8.22. The Morgan fingerprint density at radius 3 is 2.84 bits per heavy atom. The Hall–Kier alpha value is -2.43. The van der Waals surface area contributed by atoms with Crippen LogP contribution in [0.4, 0.5) is 5.69 Å². The lowest BCUT2D eigenvalue weighted by Gasteiger charge is -2.26. The molecule has 1 amide bonds. The highest BCUT2D eigenvalue weighted by molar-refractivity contribution is 6.39. The molecule has 0 saturated carbocycles. The quantitative estimate of drug-likeness (QED) is 0.289. The summed E-state index contributed by atoms with van der Waals surface area (Å²) in [6.07, 6.45) is 7.06. The van der Waals surface area contributed by atoms with Crippen LogP contribution in [0.2, 0.25) is 0 Å². The van der Waals surface area contributed by atoms with Crippen LogP contribution in [0.25, 0.3) is 0 Å². The first-order valence-corrected chi connectivity index (χ1v) is 11.5. The van der Waals surface area contributed by atoms with Gasteiger partial charge in [0.1, 0.15) is 16.5 Å². The largest absolute Gasteiger partial charge is 0.390 e. The summed E-state index contributed by atoms with van der Waals surface area (Å²) in [6, 6.07) is 0. The van der Waals surface area contributed by atoms with Gasteiger partial charge in [-0.1, -0.05) is 11.6 Å². The number of carbonyl (C=O) groups excluding carboxylic acids is 1. The lowest BCUT2D eigenvalue weighted by molar-refractivity contribution is -0.127. The van der Waals surface area contributed by atoms with Crippen LogP contribution in [0.1, 0.15) is 25.0 Å². The van der Waals surface area contributed by atoms with Crippen LogP contribution in [-0.4, -0.2) is 90.5 Å². The number of hydrogen-bond donors (Lipinski definition) is 2. The maximum atomic E-state index is 11.7. The number of carbonyl (C=O) groups is 1. The molecule has 1 aromatic heterocycles. The molecule has 0 radical (unpaired) electrons. The van der Waals surface area contributed by atoms with E-state index in [0.717, 1.165) is 76.7 Å². The summed E-state index contributed by atoms with van der Waals surface area (Å²) in [5.41, 5.74) is 7.06. The number of rotatable bonds is 11. The van der Waals surface area contributed by atoms with Gasteiger partial charge in [-0.2, -0.15) is 5.10 Å². The number of nitrogens with two attached hydrogens (primary N) is 1. The SMILES string of the molecule is Cc1nn(CCN2CCOCC2)cc1\N=C/C(Cl)=C(\N=C\N)NCCCN1CCCC1=O. The topological polar surface area (TPSA) is 113 Å². The van der Waals surface area contributed by atoms with Gasteiger partial charge in [0.25, 0.3) is 0 Å². The second kappa shape index (κ2) is 12.6. The normalized spacial score (nSPS) is 18.8. The minimum absolute atomic E-state index is 0.228. The summed E-state index contributed by atoms with van der Waals surface area (Å²) >= 11 is 6.41. The van der Waals surface area contributed by atoms with Crippen LogP contribution in [0, 0.1) is 6.92 Å². The molecule has 176 valence electrons. The number of hydrogen-bond acceptors (Lipinski definition) is 7. The van der Waals surface area contributed by atoms with E-state index in [4.69, 9.17) is 22.1 Å². The molecule has 0 aliphatic carbocycles. The van der Waals surface area contributed by atoms with Gasteiger partial charge in [-0.25, -0.2) is 4.99 Å². The number of ether oxygens (including phenoxy) is 1. The Labute approximate surface area is 194 Å². The highest BCUT2D eigenvalue weighted by Crippen LogP contribution is 2.18. The highest BCUT2D eigenvalue weighted by Gasteiger charge is 2.19. The number of morpholine rings is 1. The van der Waals surface area contributed by atoms with Gasteiger partial charge >= 0.3 is 0 Å². The van der Waals surface area contributed by atoms with Gasteiger partial charge in [0.05, 0.1) is 44.2 Å². The molecule has 1 aromatic rings. The molecular weight excluding hydrogens is 432 g/mol. The first-order chi connectivity index (χ1) is 15.6. The second-order valence-electron chi connectivity index (χ2n) is 7.81. The van der Waals surface area contributed by atoms with Crippen molar-refractivity contribution < 1.29 is 9.53 Å². The molecular formula is C21H33ClN8O2. The van der Waals surface area contributed by atoms with Gasteiger partial charge in [0.2, 0.25) is 5.91 Å². The van der Waals surface area contributed by atoms with E-state index in [1.165, 1.54) is 6.34 Å². The number of allylic oxidation sites excluding steroid dienone is 1. The number of likely N-dealkylation sites (tertiary alicyclic amines) is 1. The molecule has 2 aliphatic rings. The molecule has 2 saturated heterocycles. The van der Waals surface area contributed by atoms with Crippen molar-refractivity contribution in [3.8, 4) is 0 Å². The Balaban J connectivity index is 1.52. The Morgan fingerprint density at radius 2 is 2.12 bits per heavy atom. The first-order valence-electron chi connectivity index (χ1n) is 11.1. The maximum absolute atomic E-state index is 11.7. The number of aryl methyl sites for hydroxylation is 1. The molecule has 0 unspecified atom stereocenters. The smallest absolute Gasteiger partial charge is 0.222 e. The summed E-state index contributed by atoms with van der Waals surface area (Å²) in [5.74, 6) is 0.676. The van der Waals surface area contributed by atoms with Crippen LogP contribution < -0.4 is 11.1 Å². The summed E-state index contributed by atoms with van der Waals surface area (Å²) in [6.45, 7) is 9.32. The highest BCUT2D eigenvalue weighted by atomic mass is 35.5. The Bertz CT molecular complexity index is 845. The van der Waals surface area contributed by atoms with E-state index in [-0.39, 0.29) is 5.91 Å². The van der Waals surface area contributed by atoms with Gasteiger partial charge in [-0.05, 0) is 19.8 Å². The number of aliphatic imine (C=N–C) groups is 2. The van der Waals surface area contributed by atoms with E-state index in [9.17, 15) is 4.79 Å². The minimum atomic E-state index is 0.228. The van der Waals surface area contributed by atoms with Crippen molar-refractivity contribution in [2.24, 2.45) is 15.7 Å². The van der Waals surface area contributed by atoms with Crippen molar-refractivity contribution in [1.82, 2.24) is 24.9 Å². The van der Waals surface area contributed by atoms with Gasteiger partial charge in [-0.15, -0.1) is 0 Å². The predicted molar refractivity (Wildman–Crippen MR) is 126 cm³/mol. The minimum Gasteiger partial charge on any atom is -0.390 e. The maximum Gasteiger partial charge on any atom is 0.222 e. The average molecular weight is 465 g/mol. The van der Waals surface area contributed by atoms with Gasteiger partial charge in [0.15, 0.2) is 0 Å². The van der Waals surface area contributed by atoms with Crippen molar-refractivity contribution >= 4 is 35.7 Å². The number of amides is 1. The van der Waals surface area contributed by atoms with E-state index >= 15 is 0 Å². The summed E-state index contributed by atoms with van der Waals surface area (Å²) in [5, 5.41) is 8.07. The fourth-order valence-corrected chi connectivity index (χ4v) is 3.85. The van der Waals surface area contributed by atoms with Crippen LogP contribution in [0.3, 0.4) is 0 Å². The zero-order chi connectivity index (χ0) is 22.8.